The molecule has 20 heavy (non-hydrogen) atoms. The molecule has 0 aromatic heterocycles. The van der Waals surface area contributed by atoms with Crippen LogP contribution in [0.25, 0.3) is 0 Å². The fraction of sp³-hybridized carbons (Fsp3) is 0.333. The number of halogens is 1. The monoisotopic (exact) mass is 291 g/mol. The van der Waals surface area contributed by atoms with Gasteiger partial charge in [-0.3, -0.25) is 4.79 Å². The number of benzene rings is 1. The quantitative estimate of drug-likeness (QED) is 0.480. The van der Waals surface area contributed by atoms with Gasteiger partial charge >= 0.3 is 0 Å². The molecule has 0 bridgehead atoms. The molecular weight excluding hydrogens is 274 g/mol. The lowest BCUT2D eigenvalue weighted by atomic mass is 10.1. The topological polar surface area (TPSA) is 64.9 Å². The summed E-state index contributed by atoms with van der Waals surface area (Å²) < 4.78 is 0. The predicted octanol–water partition coefficient (Wildman–Crippen LogP) is 3.32. The van der Waals surface area contributed by atoms with E-state index >= 15 is 0 Å². The van der Waals surface area contributed by atoms with Crippen molar-refractivity contribution in [2.45, 2.75) is 20.3 Å². The molecule has 1 aromatic rings. The van der Waals surface area contributed by atoms with E-state index in [9.17, 15) is 4.79 Å². The van der Waals surface area contributed by atoms with Gasteiger partial charge in [-0.05, 0) is 24.5 Å². The van der Waals surface area contributed by atoms with E-state index in [0.717, 1.165) is 13.0 Å². The van der Waals surface area contributed by atoms with Crippen molar-refractivity contribution >= 4 is 23.2 Å². The van der Waals surface area contributed by atoms with Gasteiger partial charge < -0.3 is 10.6 Å². The van der Waals surface area contributed by atoms with Crippen LogP contribution < -0.4 is 10.6 Å². The fourth-order valence-electron chi connectivity index (χ4n) is 1.45. The lowest BCUT2D eigenvalue weighted by molar-refractivity contribution is -0.112. The molecular formula is C15H18ClN3O. The molecule has 5 heteroatoms. The number of carbonyl (C=O) groups is 1. The van der Waals surface area contributed by atoms with E-state index in [4.69, 9.17) is 16.9 Å². The fourth-order valence-corrected chi connectivity index (χ4v) is 1.63. The van der Waals surface area contributed by atoms with Crippen LogP contribution in [0.3, 0.4) is 0 Å². The third-order valence-electron chi connectivity index (χ3n) is 2.60. The molecule has 0 atom stereocenters. The molecule has 0 saturated carbocycles. The van der Waals surface area contributed by atoms with Crippen LogP contribution in [0.4, 0.5) is 5.69 Å². The van der Waals surface area contributed by atoms with Crippen LogP contribution in [-0.4, -0.2) is 12.5 Å². The zero-order chi connectivity index (χ0) is 15.0. The third kappa shape index (κ3) is 5.33. The molecule has 0 saturated heterocycles. The van der Waals surface area contributed by atoms with Crippen LogP contribution in [0, 0.1) is 17.2 Å². The smallest absolute Gasteiger partial charge is 0.267 e. The summed E-state index contributed by atoms with van der Waals surface area (Å²) in [5, 5.41) is 15.0. The number of amides is 1. The van der Waals surface area contributed by atoms with Crippen molar-refractivity contribution in [3.8, 4) is 6.07 Å². The highest BCUT2D eigenvalue weighted by molar-refractivity contribution is 6.33. The minimum atomic E-state index is -0.474. The number of carbonyl (C=O) groups excluding carboxylic acids is 1. The first-order valence-corrected chi connectivity index (χ1v) is 6.82. The summed E-state index contributed by atoms with van der Waals surface area (Å²) in [6.07, 6.45) is 2.41. The molecule has 0 aliphatic heterocycles. The van der Waals surface area contributed by atoms with Gasteiger partial charge in [-0.25, -0.2) is 0 Å². The van der Waals surface area contributed by atoms with Gasteiger partial charge in [0.05, 0.1) is 10.7 Å². The van der Waals surface area contributed by atoms with Crippen molar-refractivity contribution in [3.63, 3.8) is 0 Å². The first kappa shape index (κ1) is 16.1. The highest BCUT2D eigenvalue weighted by atomic mass is 35.5. The molecule has 0 unspecified atom stereocenters. The number of hydrogen-bond donors (Lipinski definition) is 2. The van der Waals surface area contributed by atoms with Crippen LogP contribution in [0.5, 0.6) is 0 Å². The van der Waals surface area contributed by atoms with Gasteiger partial charge in [-0.1, -0.05) is 37.6 Å². The lowest BCUT2D eigenvalue weighted by Gasteiger charge is -2.07. The first-order chi connectivity index (χ1) is 9.54. The average molecular weight is 292 g/mol. The molecule has 4 nitrogen and oxygen atoms in total. The maximum absolute atomic E-state index is 11.9. The summed E-state index contributed by atoms with van der Waals surface area (Å²) in [5.41, 5.74) is 0.510. The van der Waals surface area contributed by atoms with E-state index in [1.165, 1.54) is 6.20 Å². The van der Waals surface area contributed by atoms with Gasteiger partial charge in [-0.2, -0.15) is 5.26 Å². The summed E-state index contributed by atoms with van der Waals surface area (Å²) in [4.78, 5) is 11.9. The zero-order valence-corrected chi connectivity index (χ0v) is 12.4. The largest absolute Gasteiger partial charge is 0.390 e. The summed E-state index contributed by atoms with van der Waals surface area (Å²) >= 11 is 5.95. The van der Waals surface area contributed by atoms with Gasteiger partial charge in [0.1, 0.15) is 11.6 Å². The summed E-state index contributed by atoms with van der Waals surface area (Å²) in [6, 6.07) is 8.76. The molecule has 1 aromatic carbocycles. The van der Waals surface area contributed by atoms with Crippen molar-refractivity contribution in [2.75, 3.05) is 11.9 Å². The Bertz CT molecular complexity index is 532. The van der Waals surface area contributed by atoms with Crippen LogP contribution in [-0.2, 0) is 4.79 Å². The van der Waals surface area contributed by atoms with E-state index in [1.54, 1.807) is 24.3 Å². The number of nitriles is 1. The Morgan fingerprint density at radius 1 is 1.45 bits per heavy atom. The summed E-state index contributed by atoms with van der Waals surface area (Å²) in [7, 11) is 0. The molecule has 106 valence electrons. The molecule has 0 aliphatic rings. The van der Waals surface area contributed by atoms with E-state index in [0.29, 0.717) is 16.6 Å². The van der Waals surface area contributed by atoms with Gasteiger partial charge in [0.2, 0.25) is 0 Å². The Balaban J connectivity index is 2.62. The number of nitrogens with zero attached hydrogens (tertiary/aromatic N) is 1. The number of anilines is 1. The first-order valence-electron chi connectivity index (χ1n) is 6.44. The molecule has 0 fully saturated rings. The molecule has 0 heterocycles. The minimum Gasteiger partial charge on any atom is -0.390 e. The molecule has 0 radical (unpaired) electrons. The number of para-hydroxylation sites is 1. The second-order valence-corrected chi connectivity index (χ2v) is 5.15. The third-order valence-corrected chi connectivity index (χ3v) is 2.93. The molecule has 2 N–H and O–H groups in total. The molecule has 1 amide bonds. The lowest BCUT2D eigenvalue weighted by Crippen LogP contribution is -2.18. The second kappa shape index (κ2) is 8.23. The summed E-state index contributed by atoms with van der Waals surface area (Å²) in [6.45, 7) is 4.95. The van der Waals surface area contributed by atoms with E-state index in [1.807, 2.05) is 6.07 Å². The number of rotatable bonds is 6. The standard InChI is InChI=1S/C15H18ClN3O/c1-11(2)7-8-18-10-12(9-17)15(20)19-14-6-4-3-5-13(14)16/h3-6,10-11,18H,7-8H2,1-2H3,(H,19,20)/b12-10-. The second-order valence-electron chi connectivity index (χ2n) is 4.74. The van der Waals surface area contributed by atoms with E-state index < -0.39 is 5.91 Å². The SMILES string of the molecule is CC(C)CCN/C=C(/C#N)C(=O)Nc1ccccc1Cl. The molecule has 0 spiro atoms. The highest BCUT2D eigenvalue weighted by Gasteiger charge is 2.10. The predicted molar refractivity (Wildman–Crippen MR) is 81.2 cm³/mol. The molecule has 1 rings (SSSR count). The Kier molecular flexibility index (Phi) is 6.61. The maximum Gasteiger partial charge on any atom is 0.267 e. The van der Waals surface area contributed by atoms with Crippen molar-refractivity contribution in [1.82, 2.24) is 5.32 Å². The van der Waals surface area contributed by atoms with Crippen LogP contribution in [0.15, 0.2) is 36.0 Å². The van der Waals surface area contributed by atoms with Crippen molar-refractivity contribution in [1.29, 1.82) is 5.26 Å². The van der Waals surface area contributed by atoms with Crippen molar-refractivity contribution < 1.29 is 4.79 Å². The van der Waals surface area contributed by atoms with E-state index in [-0.39, 0.29) is 5.57 Å². The molecule has 0 aliphatic carbocycles. The van der Waals surface area contributed by atoms with E-state index in [2.05, 4.69) is 24.5 Å². The average Bonchev–Trinajstić information content (AvgIpc) is 2.41. The highest BCUT2D eigenvalue weighted by Crippen LogP contribution is 2.20. The number of hydrogen-bond acceptors (Lipinski definition) is 3. The Morgan fingerprint density at radius 3 is 2.75 bits per heavy atom. The Morgan fingerprint density at radius 2 is 2.15 bits per heavy atom. The Labute approximate surface area is 124 Å². The summed E-state index contributed by atoms with van der Waals surface area (Å²) in [5.74, 6) is 0.0936. The maximum atomic E-state index is 11.9. The van der Waals surface area contributed by atoms with Crippen LogP contribution >= 0.6 is 11.6 Å². The Hall–Kier alpha value is -1.99. The minimum absolute atomic E-state index is 0.0219. The van der Waals surface area contributed by atoms with Crippen LogP contribution in [0.1, 0.15) is 20.3 Å². The van der Waals surface area contributed by atoms with Crippen molar-refractivity contribution in [3.05, 3.63) is 41.1 Å². The zero-order valence-electron chi connectivity index (χ0n) is 11.6. The van der Waals surface area contributed by atoms with Gasteiger partial charge in [0.15, 0.2) is 0 Å². The number of nitrogens with one attached hydrogen (secondary N) is 2. The van der Waals surface area contributed by atoms with Gasteiger partial charge in [-0.15, -0.1) is 0 Å². The normalized spacial score (nSPS) is 11.1. The van der Waals surface area contributed by atoms with Gasteiger partial charge in [0, 0.05) is 12.7 Å². The van der Waals surface area contributed by atoms with Crippen LogP contribution in [0.2, 0.25) is 5.02 Å². The van der Waals surface area contributed by atoms with Crippen molar-refractivity contribution in [2.24, 2.45) is 5.92 Å². The van der Waals surface area contributed by atoms with Gasteiger partial charge in [0.25, 0.3) is 5.91 Å².